The molecule has 0 fully saturated rings. The van der Waals surface area contributed by atoms with Gasteiger partial charge < -0.3 is 25.4 Å². The Balaban J connectivity index is 0.00000784. The van der Waals surface area contributed by atoms with Crippen molar-refractivity contribution in [1.29, 1.82) is 0 Å². The first-order chi connectivity index (χ1) is 13.0. The number of amides is 1. The Morgan fingerprint density at radius 1 is 1.03 bits per heavy atom. The van der Waals surface area contributed by atoms with E-state index in [1.165, 1.54) is 0 Å². The van der Waals surface area contributed by atoms with Crippen LogP contribution in [0.2, 0.25) is 0 Å². The third kappa shape index (κ3) is 12.6. The number of hydrogen-bond acceptors (Lipinski definition) is 4. The second-order valence-corrected chi connectivity index (χ2v) is 8.24. The largest absolute Gasteiger partial charge is 0.444 e. The molecule has 0 aromatic heterocycles. The molecule has 1 amide bonds. The van der Waals surface area contributed by atoms with Crippen molar-refractivity contribution in [3.8, 4) is 0 Å². The molecule has 1 rings (SSSR count). The van der Waals surface area contributed by atoms with Crippen LogP contribution in [0.5, 0.6) is 0 Å². The molecular weight excluding hydrogens is 483 g/mol. The van der Waals surface area contributed by atoms with Gasteiger partial charge in [-0.25, -0.2) is 4.79 Å². The van der Waals surface area contributed by atoms with Crippen molar-refractivity contribution in [3.63, 3.8) is 0 Å². The Hall–Kier alpha value is -1.55. The van der Waals surface area contributed by atoms with E-state index in [-0.39, 0.29) is 24.0 Å². The zero-order chi connectivity index (χ0) is 21.2. The lowest BCUT2D eigenvalue weighted by molar-refractivity contribution is 0.0474. The van der Waals surface area contributed by atoms with Crippen LogP contribution in [-0.2, 0) is 22.6 Å². The fraction of sp³-hybridized carbons (Fsp3) is 0.619. The Bertz CT molecular complexity index is 640. The van der Waals surface area contributed by atoms with Crippen LogP contribution in [-0.4, -0.2) is 43.4 Å². The number of nitrogens with one attached hydrogen (secondary N) is 3. The predicted octanol–water partition coefficient (Wildman–Crippen LogP) is 3.81. The molecule has 29 heavy (non-hydrogen) atoms. The molecule has 0 aliphatic carbocycles. The number of ether oxygens (including phenoxy) is 2. The van der Waals surface area contributed by atoms with Crippen LogP contribution in [0.4, 0.5) is 4.79 Å². The summed E-state index contributed by atoms with van der Waals surface area (Å²) >= 11 is 0. The van der Waals surface area contributed by atoms with Gasteiger partial charge in [0.25, 0.3) is 0 Å². The molecule has 1 aromatic carbocycles. The summed E-state index contributed by atoms with van der Waals surface area (Å²) in [6, 6.07) is 8.28. The molecule has 1 aromatic rings. The van der Waals surface area contributed by atoms with Crippen LogP contribution in [0.1, 0.15) is 52.7 Å². The first kappa shape index (κ1) is 27.5. The van der Waals surface area contributed by atoms with E-state index in [0.717, 1.165) is 11.1 Å². The minimum Gasteiger partial charge on any atom is -0.444 e. The highest BCUT2D eigenvalue weighted by Crippen LogP contribution is 2.09. The summed E-state index contributed by atoms with van der Waals surface area (Å²) < 4.78 is 10.7. The van der Waals surface area contributed by atoms with Crippen molar-refractivity contribution in [1.82, 2.24) is 16.0 Å². The molecule has 0 heterocycles. The number of hydrogen-bond donors (Lipinski definition) is 3. The van der Waals surface area contributed by atoms with E-state index < -0.39 is 17.2 Å². The Morgan fingerprint density at radius 2 is 1.62 bits per heavy atom. The lowest BCUT2D eigenvalue weighted by Gasteiger charge is -2.29. The molecule has 0 radical (unpaired) electrons. The number of carbonyl (C=O) groups is 1. The van der Waals surface area contributed by atoms with E-state index in [0.29, 0.717) is 32.3 Å². The molecular formula is C21H37IN4O3. The number of benzene rings is 1. The Kier molecular flexibility index (Phi) is 12.2. The van der Waals surface area contributed by atoms with Crippen molar-refractivity contribution in [3.05, 3.63) is 35.4 Å². The smallest absolute Gasteiger partial charge is 0.408 e. The molecule has 0 aliphatic rings. The van der Waals surface area contributed by atoms with Gasteiger partial charge in [-0.3, -0.25) is 4.99 Å². The normalized spacial score (nSPS) is 12.0. The van der Waals surface area contributed by atoms with Crippen molar-refractivity contribution in [2.24, 2.45) is 4.99 Å². The first-order valence-corrected chi connectivity index (χ1v) is 9.66. The molecule has 8 heteroatoms. The summed E-state index contributed by atoms with van der Waals surface area (Å²) in [5.41, 5.74) is 1.28. The van der Waals surface area contributed by atoms with Gasteiger partial charge >= 0.3 is 6.09 Å². The van der Waals surface area contributed by atoms with Gasteiger partial charge in [0, 0.05) is 26.7 Å². The van der Waals surface area contributed by atoms with E-state index in [2.05, 4.69) is 45.2 Å². The molecule has 0 saturated carbocycles. The maximum absolute atomic E-state index is 12.0. The summed E-state index contributed by atoms with van der Waals surface area (Å²) in [7, 11) is 1.72. The van der Waals surface area contributed by atoms with Gasteiger partial charge in [-0.15, -0.1) is 24.0 Å². The molecule has 0 saturated heterocycles. The predicted molar refractivity (Wildman–Crippen MR) is 129 cm³/mol. The zero-order valence-electron chi connectivity index (χ0n) is 18.7. The number of nitrogens with zero attached hydrogens (tertiary/aromatic N) is 1. The average Bonchev–Trinajstić information content (AvgIpc) is 2.58. The van der Waals surface area contributed by atoms with Gasteiger partial charge in [0.1, 0.15) is 5.60 Å². The summed E-state index contributed by atoms with van der Waals surface area (Å²) in [6.07, 6.45) is -0.436. The van der Waals surface area contributed by atoms with Crippen LogP contribution in [0, 0.1) is 0 Å². The average molecular weight is 520 g/mol. The highest BCUT2D eigenvalue weighted by atomic mass is 127. The molecule has 0 aliphatic heterocycles. The molecule has 0 bridgehead atoms. The minimum atomic E-state index is -0.524. The summed E-state index contributed by atoms with van der Waals surface area (Å²) in [4.78, 5) is 16.2. The number of guanidine groups is 1. The van der Waals surface area contributed by atoms with Gasteiger partial charge in [-0.1, -0.05) is 24.3 Å². The van der Waals surface area contributed by atoms with Gasteiger partial charge in [-0.05, 0) is 52.7 Å². The van der Waals surface area contributed by atoms with Crippen LogP contribution >= 0.6 is 24.0 Å². The van der Waals surface area contributed by atoms with Crippen LogP contribution < -0.4 is 16.0 Å². The third-order valence-electron chi connectivity index (χ3n) is 3.72. The monoisotopic (exact) mass is 520 g/mol. The summed E-state index contributed by atoms with van der Waals surface area (Å²) in [6.45, 7) is 13.8. The number of aliphatic imine (C=N–C) groups is 1. The second kappa shape index (κ2) is 12.9. The van der Waals surface area contributed by atoms with Crippen LogP contribution in [0.15, 0.2) is 29.3 Å². The first-order valence-electron chi connectivity index (χ1n) is 9.66. The van der Waals surface area contributed by atoms with E-state index >= 15 is 0 Å². The van der Waals surface area contributed by atoms with Gasteiger partial charge in [0.05, 0.1) is 12.1 Å². The maximum atomic E-state index is 12.0. The summed E-state index contributed by atoms with van der Waals surface area (Å²) in [5, 5.41) is 9.38. The number of alkyl carbamates (subject to hydrolysis) is 1. The van der Waals surface area contributed by atoms with Crippen molar-refractivity contribution < 1.29 is 14.3 Å². The third-order valence-corrected chi connectivity index (χ3v) is 3.72. The Labute approximate surface area is 192 Å². The van der Waals surface area contributed by atoms with Crippen molar-refractivity contribution >= 4 is 36.0 Å². The number of halogens is 1. The Morgan fingerprint density at radius 3 is 2.14 bits per heavy atom. The van der Waals surface area contributed by atoms with E-state index in [9.17, 15) is 4.79 Å². The fourth-order valence-electron chi connectivity index (χ4n) is 2.31. The number of carbonyl (C=O) groups excluding carboxylic acids is 1. The molecule has 0 spiro atoms. The van der Waals surface area contributed by atoms with Gasteiger partial charge in [0.15, 0.2) is 5.96 Å². The highest BCUT2D eigenvalue weighted by Gasteiger charge is 2.24. The van der Waals surface area contributed by atoms with Crippen molar-refractivity contribution in [2.75, 3.05) is 20.2 Å². The lowest BCUT2D eigenvalue weighted by Crippen LogP contribution is -2.54. The van der Waals surface area contributed by atoms with E-state index in [1.807, 2.05) is 41.5 Å². The van der Waals surface area contributed by atoms with E-state index in [1.54, 1.807) is 7.05 Å². The van der Waals surface area contributed by atoms with Gasteiger partial charge in [-0.2, -0.15) is 0 Å². The number of rotatable bonds is 8. The molecule has 0 atom stereocenters. The topological polar surface area (TPSA) is 84.0 Å². The SMILES string of the molecule is CCOCc1ccc(CNC(=NC)NCC(C)(C)NC(=O)OC(C)(C)C)cc1.I. The van der Waals surface area contributed by atoms with E-state index in [4.69, 9.17) is 9.47 Å². The molecule has 7 nitrogen and oxygen atoms in total. The molecule has 3 N–H and O–H groups in total. The lowest BCUT2D eigenvalue weighted by atomic mass is 10.1. The standard InChI is InChI=1S/C21H36N4O3.HI/c1-8-27-14-17-11-9-16(10-12-17)13-23-18(22-7)24-15-21(5,6)25-19(26)28-20(2,3)4;/h9-12H,8,13-15H2,1-7H3,(H,25,26)(H2,22,23,24);1H. The van der Waals surface area contributed by atoms with Crippen LogP contribution in [0.25, 0.3) is 0 Å². The quantitative estimate of drug-likeness (QED) is 0.276. The van der Waals surface area contributed by atoms with Crippen molar-refractivity contribution in [2.45, 2.75) is 65.8 Å². The second-order valence-electron chi connectivity index (χ2n) is 8.24. The highest BCUT2D eigenvalue weighted by molar-refractivity contribution is 14.0. The fourth-order valence-corrected chi connectivity index (χ4v) is 2.31. The maximum Gasteiger partial charge on any atom is 0.408 e. The minimum absolute atomic E-state index is 0. The summed E-state index contributed by atoms with van der Waals surface area (Å²) in [5.74, 6) is 0.664. The zero-order valence-corrected chi connectivity index (χ0v) is 21.0. The molecule has 166 valence electrons. The molecule has 0 unspecified atom stereocenters. The van der Waals surface area contributed by atoms with Crippen LogP contribution in [0.3, 0.4) is 0 Å². The van der Waals surface area contributed by atoms with Gasteiger partial charge in [0.2, 0.25) is 0 Å².